The molecule has 2 rings (SSSR count). The molecule has 1 aliphatic carbocycles. The van der Waals surface area contributed by atoms with Gasteiger partial charge in [-0.25, -0.2) is 13.1 Å². The first-order chi connectivity index (χ1) is 9.24. The van der Waals surface area contributed by atoms with Gasteiger partial charge in [-0.3, -0.25) is 4.79 Å². The van der Waals surface area contributed by atoms with Gasteiger partial charge >= 0.3 is 5.97 Å². The zero-order chi connectivity index (χ0) is 15.0. The highest BCUT2D eigenvalue weighted by atomic mass is 35.5. The molecule has 1 fully saturated rings. The number of halogens is 1. The average Bonchev–Trinajstić information content (AvgIpc) is 2.24. The number of hydrogen-bond acceptors (Lipinski definition) is 3. The van der Waals surface area contributed by atoms with Gasteiger partial charge in [0.15, 0.2) is 0 Å². The summed E-state index contributed by atoms with van der Waals surface area (Å²) in [4.78, 5) is 10.9. The van der Waals surface area contributed by atoms with Crippen molar-refractivity contribution in [1.29, 1.82) is 0 Å². The van der Waals surface area contributed by atoms with Gasteiger partial charge in [0.1, 0.15) is 4.90 Å². The molecule has 0 heterocycles. The molecular formula is C13H16ClNO4S. The molecule has 7 heteroatoms. The Balaban J connectivity index is 2.29. The first-order valence-corrected chi connectivity index (χ1v) is 8.12. The highest BCUT2D eigenvalue weighted by molar-refractivity contribution is 7.89. The number of rotatable bonds is 5. The highest BCUT2D eigenvalue weighted by Gasteiger charge is 2.42. The molecule has 0 saturated heterocycles. The van der Waals surface area contributed by atoms with Crippen LogP contribution in [0.3, 0.4) is 0 Å². The Kier molecular flexibility index (Phi) is 4.09. The topological polar surface area (TPSA) is 83.5 Å². The minimum absolute atomic E-state index is 0.0126. The van der Waals surface area contributed by atoms with Gasteiger partial charge in [-0.15, -0.1) is 0 Å². The van der Waals surface area contributed by atoms with E-state index < -0.39 is 21.5 Å². The van der Waals surface area contributed by atoms with Crippen LogP contribution < -0.4 is 4.72 Å². The van der Waals surface area contributed by atoms with Gasteiger partial charge in [0.2, 0.25) is 10.0 Å². The van der Waals surface area contributed by atoms with Gasteiger partial charge in [-0.2, -0.15) is 0 Å². The Morgan fingerprint density at radius 1 is 1.45 bits per heavy atom. The van der Waals surface area contributed by atoms with E-state index in [1.54, 1.807) is 12.1 Å². The van der Waals surface area contributed by atoms with Crippen LogP contribution in [0.2, 0.25) is 5.02 Å². The number of carbonyl (C=O) groups is 1. The molecule has 0 spiro atoms. The number of carboxylic acids is 1. The van der Waals surface area contributed by atoms with E-state index in [4.69, 9.17) is 16.7 Å². The van der Waals surface area contributed by atoms with Crippen molar-refractivity contribution in [1.82, 2.24) is 4.72 Å². The second-order valence-corrected chi connectivity index (χ2v) is 7.30. The normalized spacial score (nSPS) is 17.5. The maximum absolute atomic E-state index is 12.4. The summed E-state index contributed by atoms with van der Waals surface area (Å²) in [6.07, 6.45) is 1.66. The average molecular weight is 318 g/mol. The van der Waals surface area contributed by atoms with Gasteiger partial charge < -0.3 is 5.11 Å². The van der Waals surface area contributed by atoms with Crippen molar-refractivity contribution >= 4 is 27.6 Å². The summed E-state index contributed by atoms with van der Waals surface area (Å²) in [5, 5.41) is 9.05. The predicted molar refractivity (Wildman–Crippen MR) is 75.3 cm³/mol. The van der Waals surface area contributed by atoms with E-state index in [0.29, 0.717) is 12.8 Å². The lowest BCUT2D eigenvalue weighted by atomic mass is 9.75. The minimum Gasteiger partial charge on any atom is -0.481 e. The summed E-state index contributed by atoms with van der Waals surface area (Å²) >= 11 is 5.97. The highest BCUT2D eigenvalue weighted by Crippen LogP contribution is 2.37. The molecule has 0 aliphatic heterocycles. The summed E-state index contributed by atoms with van der Waals surface area (Å²) in [6.45, 7) is 1.81. The van der Waals surface area contributed by atoms with Crippen LogP contribution in [0.4, 0.5) is 0 Å². The fraction of sp³-hybridized carbons (Fsp3) is 0.462. The molecule has 5 nitrogen and oxygen atoms in total. The predicted octanol–water partition coefficient (Wildman–Crippen LogP) is 2.32. The maximum Gasteiger partial charge on any atom is 0.305 e. The van der Waals surface area contributed by atoms with E-state index >= 15 is 0 Å². The summed E-state index contributed by atoms with van der Waals surface area (Å²) in [6, 6.07) is 4.67. The van der Waals surface area contributed by atoms with E-state index in [1.165, 1.54) is 6.07 Å². The van der Waals surface area contributed by atoms with E-state index in [0.717, 1.165) is 12.0 Å². The molecule has 1 aliphatic rings. The van der Waals surface area contributed by atoms with Crippen LogP contribution in [-0.2, 0) is 14.8 Å². The monoisotopic (exact) mass is 317 g/mol. The van der Waals surface area contributed by atoms with Crippen molar-refractivity contribution in [3.8, 4) is 0 Å². The first kappa shape index (κ1) is 15.3. The molecule has 1 saturated carbocycles. The lowest BCUT2D eigenvalue weighted by molar-refractivity contribution is -0.139. The zero-order valence-electron chi connectivity index (χ0n) is 11.0. The summed E-state index contributed by atoms with van der Waals surface area (Å²) < 4.78 is 27.3. The Hall–Kier alpha value is -1.11. The lowest BCUT2D eigenvalue weighted by Gasteiger charge is -2.41. The van der Waals surface area contributed by atoms with Crippen LogP contribution in [0.1, 0.15) is 31.2 Å². The van der Waals surface area contributed by atoms with E-state index in [1.807, 2.05) is 6.92 Å². The number of sulfonamides is 1. The van der Waals surface area contributed by atoms with Crippen molar-refractivity contribution in [2.45, 2.75) is 43.0 Å². The van der Waals surface area contributed by atoms with Gasteiger partial charge in [0, 0.05) is 5.54 Å². The standard InChI is InChI=1S/C13H16ClNO4S/c1-9-3-4-11(10(14)7-9)20(18,19)15-13(5-2-6-13)8-12(16)17/h3-4,7,15H,2,5-6,8H2,1H3,(H,16,17). The van der Waals surface area contributed by atoms with Crippen molar-refractivity contribution in [2.75, 3.05) is 0 Å². The molecule has 20 heavy (non-hydrogen) atoms. The fourth-order valence-corrected chi connectivity index (χ4v) is 4.43. The molecule has 0 radical (unpaired) electrons. The SMILES string of the molecule is Cc1ccc(S(=O)(=O)NC2(CC(=O)O)CCC2)c(Cl)c1. The Labute approximate surface area is 123 Å². The third-order valence-corrected chi connectivity index (χ3v) is 5.59. The van der Waals surface area contributed by atoms with Crippen LogP contribution >= 0.6 is 11.6 Å². The summed E-state index contributed by atoms with van der Waals surface area (Å²) in [7, 11) is -3.82. The number of benzene rings is 1. The Morgan fingerprint density at radius 2 is 2.10 bits per heavy atom. The number of aliphatic carboxylic acids is 1. The third-order valence-electron chi connectivity index (χ3n) is 3.53. The molecule has 1 aromatic carbocycles. The number of carboxylic acid groups (broad SMARTS) is 1. The smallest absolute Gasteiger partial charge is 0.305 e. The summed E-state index contributed by atoms with van der Waals surface area (Å²) in [5.41, 5.74) is -0.0170. The molecule has 0 unspecified atom stereocenters. The summed E-state index contributed by atoms with van der Waals surface area (Å²) in [5.74, 6) is -1.01. The van der Waals surface area contributed by atoms with Crippen LogP contribution in [0, 0.1) is 6.92 Å². The van der Waals surface area contributed by atoms with Crippen molar-refractivity contribution < 1.29 is 18.3 Å². The quantitative estimate of drug-likeness (QED) is 0.873. The number of hydrogen-bond donors (Lipinski definition) is 2. The van der Waals surface area contributed by atoms with E-state index in [9.17, 15) is 13.2 Å². The van der Waals surface area contributed by atoms with E-state index in [-0.39, 0.29) is 16.3 Å². The Morgan fingerprint density at radius 3 is 2.55 bits per heavy atom. The molecule has 2 N–H and O–H groups in total. The minimum atomic E-state index is -3.82. The first-order valence-electron chi connectivity index (χ1n) is 6.26. The number of aryl methyl sites for hydroxylation is 1. The van der Waals surface area contributed by atoms with Gasteiger partial charge in [0.25, 0.3) is 0 Å². The largest absolute Gasteiger partial charge is 0.481 e. The van der Waals surface area contributed by atoms with Crippen molar-refractivity contribution in [2.24, 2.45) is 0 Å². The third kappa shape index (κ3) is 3.13. The second kappa shape index (κ2) is 5.35. The maximum atomic E-state index is 12.4. The molecule has 110 valence electrons. The van der Waals surface area contributed by atoms with E-state index in [2.05, 4.69) is 4.72 Å². The molecule has 0 atom stereocenters. The number of nitrogens with one attached hydrogen (secondary N) is 1. The zero-order valence-corrected chi connectivity index (χ0v) is 12.6. The Bertz CT molecular complexity index is 638. The molecule has 1 aromatic rings. The van der Waals surface area contributed by atoms with Crippen LogP contribution in [0.15, 0.2) is 23.1 Å². The van der Waals surface area contributed by atoms with Gasteiger partial charge in [0.05, 0.1) is 11.4 Å². The molecule has 0 amide bonds. The van der Waals surface area contributed by atoms with Crippen LogP contribution in [0.5, 0.6) is 0 Å². The van der Waals surface area contributed by atoms with Crippen LogP contribution in [-0.4, -0.2) is 25.0 Å². The van der Waals surface area contributed by atoms with Gasteiger partial charge in [-0.05, 0) is 43.9 Å². The van der Waals surface area contributed by atoms with Crippen LogP contribution in [0.25, 0.3) is 0 Å². The van der Waals surface area contributed by atoms with Crippen molar-refractivity contribution in [3.05, 3.63) is 28.8 Å². The molecular weight excluding hydrogens is 302 g/mol. The van der Waals surface area contributed by atoms with Gasteiger partial charge in [-0.1, -0.05) is 17.7 Å². The lowest BCUT2D eigenvalue weighted by Crippen LogP contribution is -2.54. The second-order valence-electron chi connectivity index (χ2n) is 5.24. The van der Waals surface area contributed by atoms with Crippen molar-refractivity contribution in [3.63, 3.8) is 0 Å². The molecule has 0 aromatic heterocycles. The molecule has 0 bridgehead atoms. The fourth-order valence-electron chi connectivity index (χ4n) is 2.37.